The fourth-order valence-corrected chi connectivity index (χ4v) is 3.89. The number of aromatic nitrogens is 1. The summed E-state index contributed by atoms with van der Waals surface area (Å²) in [7, 11) is 0. The molecular formula is C27H47N2O3+. The Morgan fingerprint density at radius 3 is 1.78 bits per heavy atom. The Kier molecular flexibility index (Phi) is 18.4. The Morgan fingerprint density at radius 1 is 0.688 bits per heavy atom. The first-order valence-corrected chi connectivity index (χ1v) is 13.1. The fraction of sp³-hybridized carbons (Fsp3) is 0.741. The van der Waals surface area contributed by atoms with Gasteiger partial charge in [-0.2, -0.15) is 0 Å². The summed E-state index contributed by atoms with van der Waals surface area (Å²) < 4.78 is 7.14. The molecule has 1 N–H and O–H groups in total. The summed E-state index contributed by atoms with van der Waals surface area (Å²) in [5.41, 5.74) is 0. The van der Waals surface area contributed by atoms with Gasteiger partial charge in [0.1, 0.15) is 6.54 Å². The van der Waals surface area contributed by atoms with Gasteiger partial charge in [0.05, 0.1) is 6.61 Å². The molecule has 32 heavy (non-hydrogen) atoms. The molecule has 1 heterocycles. The van der Waals surface area contributed by atoms with Gasteiger partial charge in [-0.3, -0.25) is 9.59 Å². The molecule has 0 saturated carbocycles. The van der Waals surface area contributed by atoms with Crippen molar-refractivity contribution in [1.82, 2.24) is 5.32 Å². The molecule has 0 unspecified atom stereocenters. The van der Waals surface area contributed by atoms with E-state index in [9.17, 15) is 9.59 Å². The van der Waals surface area contributed by atoms with Gasteiger partial charge in [-0.1, -0.05) is 70.3 Å². The summed E-state index contributed by atoms with van der Waals surface area (Å²) in [5, 5.41) is 2.89. The molecule has 0 atom stereocenters. The second-order valence-corrected chi connectivity index (χ2v) is 8.72. The smallest absolute Gasteiger partial charge is 0.305 e. The topological polar surface area (TPSA) is 59.3 Å². The predicted molar refractivity (Wildman–Crippen MR) is 130 cm³/mol. The van der Waals surface area contributed by atoms with Crippen LogP contribution in [0.3, 0.4) is 0 Å². The molecule has 0 bridgehead atoms. The van der Waals surface area contributed by atoms with Crippen LogP contribution in [0.4, 0.5) is 0 Å². The average molecular weight is 448 g/mol. The zero-order chi connectivity index (χ0) is 23.1. The number of aryl methyl sites for hydroxylation is 1. The predicted octanol–water partition coefficient (Wildman–Crippen LogP) is 5.90. The minimum Gasteiger partial charge on any atom is -0.466 e. The van der Waals surface area contributed by atoms with Crippen LogP contribution in [0.1, 0.15) is 110 Å². The van der Waals surface area contributed by atoms with E-state index in [0.717, 1.165) is 19.4 Å². The van der Waals surface area contributed by atoms with E-state index in [1.807, 2.05) is 0 Å². The van der Waals surface area contributed by atoms with E-state index in [1.165, 1.54) is 70.6 Å². The second-order valence-electron chi connectivity index (χ2n) is 8.72. The molecule has 1 aromatic rings. The maximum absolute atomic E-state index is 11.8. The maximum atomic E-state index is 11.8. The van der Waals surface area contributed by atoms with Gasteiger partial charge < -0.3 is 10.1 Å². The normalized spacial score (nSPS) is 10.8. The first-order valence-electron chi connectivity index (χ1n) is 13.1. The van der Waals surface area contributed by atoms with Crippen LogP contribution in [0.2, 0.25) is 0 Å². The highest BCUT2D eigenvalue weighted by Gasteiger charge is 2.04. The minimum absolute atomic E-state index is 0.104. The van der Waals surface area contributed by atoms with Crippen molar-refractivity contribution in [2.24, 2.45) is 0 Å². The molecule has 0 saturated heterocycles. The Bertz CT molecular complexity index is 578. The number of nitrogens with zero attached hydrogens (tertiary/aromatic N) is 1. The van der Waals surface area contributed by atoms with Gasteiger partial charge in [-0.25, -0.2) is 4.57 Å². The SMILES string of the molecule is CCOC(=O)CCCNC(=O)CCCCCCCCCCCCCCC[n+]1ccccc1. The number of unbranched alkanes of at least 4 members (excludes halogenated alkanes) is 12. The lowest BCUT2D eigenvalue weighted by molar-refractivity contribution is -0.697. The molecule has 0 aromatic carbocycles. The highest BCUT2D eigenvalue weighted by Crippen LogP contribution is 2.13. The van der Waals surface area contributed by atoms with Crippen molar-refractivity contribution in [3.8, 4) is 0 Å². The zero-order valence-electron chi connectivity index (χ0n) is 20.5. The lowest BCUT2D eigenvalue weighted by atomic mass is 10.0. The molecule has 0 aliphatic rings. The van der Waals surface area contributed by atoms with Crippen molar-refractivity contribution < 1.29 is 18.9 Å². The number of esters is 1. The van der Waals surface area contributed by atoms with Crippen LogP contribution < -0.4 is 9.88 Å². The average Bonchev–Trinajstić information content (AvgIpc) is 2.80. The van der Waals surface area contributed by atoms with Crippen LogP contribution in [-0.2, 0) is 20.9 Å². The van der Waals surface area contributed by atoms with Crippen molar-refractivity contribution in [2.75, 3.05) is 13.2 Å². The van der Waals surface area contributed by atoms with Gasteiger partial charge >= 0.3 is 5.97 Å². The number of hydrogen-bond donors (Lipinski definition) is 1. The van der Waals surface area contributed by atoms with Crippen molar-refractivity contribution in [3.63, 3.8) is 0 Å². The van der Waals surface area contributed by atoms with E-state index in [1.54, 1.807) is 6.92 Å². The molecule has 1 aromatic heterocycles. The molecule has 1 rings (SSSR count). The number of pyridine rings is 1. The standard InChI is InChI=1S/C27H46N2O3/c1-2-32-27(31)21-19-22-28-26(30)20-15-12-10-8-6-4-3-5-7-9-11-13-16-23-29-24-17-14-18-25-29/h14,17-18,24-25H,2-13,15-16,19-23H2,1H3/p+1. The number of ether oxygens (including phenoxy) is 1. The maximum Gasteiger partial charge on any atom is 0.305 e. The monoisotopic (exact) mass is 447 g/mol. The number of carbonyl (C=O) groups excluding carboxylic acids is 2. The molecule has 0 aliphatic heterocycles. The first kappa shape index (κ1) is 28.1. The van der Waals surface area contributed by atoms with E-state index in [4.69, 9.17) is 4.74 Å². The van der Waals surface area contributed by atoms with Gasteiger partial charge in [0.2, 0.25) is 5.91 Å². The van der Waals surface area contributed by atoms with Crippen LogP contribution in [0.15, 0.2) is 30.6 Å². The third-order valence-electron chi connectivity index (χ3n) is 5.78. The Hall–Kier alpha value is -1.91. The number of hydrogen-bond acceptors (Lipinski definition) is 3. The lowest BCUT2D eigenvalue weighted by Crippen LogP contribution is -2.32. The van der Waals surface area contributed by atoms with E-state index in [0.29, 0.717) is 32.4 Å². The molecule has 5 nitrogen and oxygen atoms in total. The third-order valence-corrected chi connectivity index (χ3v) is 5.78. The van der Waals surface area contributed by atoms with E-state index in [2.05, 4.69) is 40.5 Å². The third kappa shape index (κ3) is 17.7. The van der Waals surface area contributed by atoms with E-state index >= 15 is 0 Å². The van der Waals surface area contributed by atoms with Crippen LogP contribution in [-0.4, -0.2) is 25.0 Å². The number of amides is 1. The summed E-state index contributed by atoms with van der Waals surface area (Å²) in [4.78, 5) is 23.0. The summed E-state index contributed by atoms with van der Waals surface area (Å²) in [6.07, 6.45) is 22.7. The molecule has 182 valence electrons. The molecular weight excluding hydrogens is 400 g/mol. The van der Waals surface area contributed by atoms with Gasteiger partial charge in [0.25, 0.3) is 0 Å². The van der Waals surface area contributed by atoms with Crippen molar-refractivity contribution in [1.29, 1.82) is 0 Å². The molecule has 0 radical (unpaired) electrons. The molecule has 0 spiro atoms. The van der Waals surface area contributed by atoms with Gasteiger partial charge in [0, 0.05) is 37.9 Å². The highest BCUT2D eigenvalue weighted by atomic mass is 16.5. The van der Waals surface area contributed by atoms with Crippen LogP contribution in [0.25, 0.3) is 0 Å². The number of carbonyl (C=O) groups is 2. The zero-order valence-corrected chi connectivity index (χ0v) is 20.5. The Balaban J connectivity index is 1.74. The molecule has 1 amide bonds. The van der Waals surface area contributed by atoms with Crippen molar-refractivity contribution >= 4 is 11.9 Å². The number of rotatable bonds is 21. The summed E-state index contributed by atoms with van der Waals surface area (Å²) in [6.45, 7) is 3.92. The number of nitrogens with one attached hydrogen (secondary N) is 1. The van der Waals surface area contributed by atoms with Gasteiger partial charge in [-0.05, 0) is 26.2 Å². The molecule has 0 fully saturated rings. The van der Waals surface area contributed by atoms with Gasteiger partial charge in [-0.15, -0.1) is 0 Å². The largest absolute Gasteiger partial charge is 0.466 e. The first-order chi connectivity index (χ1) is 15.7. The van der Waals surface area contributed by atoms with Crippen molar-refractivity contribution in [2.45, 2.75) is 116 Å². The summed E-state index contributed by atoms with van der Waals surface area (Å²) >= 11 is 0. The minimum atomic E-state index is -0.185. The van der Waals surface area contributed by atoms with Crippen molar-refractivity contribution in [3.05, 3.63) is 30.6 Å². The lowest BCUT2D eigenvalue weighted by Gasteiger charge is -2.05. The molecule has 0 aliphatic carbocycles. The van der Waals surface area contributed by atoms with E-state index in [-0.39, 0.29) is 11.9 Å². The van der Waals surface area contributed by atoms with Crippen LogP contribution in [0, 0.1) is 0 Å². The van der Waals surface area contributed by atoms with Crippen LogP contribution in [0.5, 0.6) is 0 Å². The highest BCUT2D eigenvalue weighted by molar-refractivity contribution is 5.75. The second kappa shape index (κ2) is 21.0. The van der Waals surface area contributed by atoms with Crippen LogP contribution >= 0.6 is 0 Å². The Labute approximate surface area is 196 Å². The fourth-order valence-electron chi connectivity index (χ4n) is 3.89. The quantitative estimate of drug-likeness (QED) is 0.145. The Morgan fingerprint density at radius 2 is 1.22 bits per heavy atom. The summed E-state index contributed by atoms with van der Waals surface area (Å²) in [5.74, 6) is -0.0804. The summed E-state index contributed by atoms with van der Waals surface area (Å²) in [6, 6.07) is 6.26. The molecule has 5 heteroatoms. The van der Waals surface area contributed by atoms with E-state index < -0.39 is 0 Å². The van der Waals surface area contributed by atoms with Gasteiger partial charge in [0.15, 0.2) is 12.4 Å².